The minimum Gasteiger partial charge on any atom is -0.496 e. The Morgan fingerprint density at radius 2 is 2.17 bits per heavy atom. The van der Waals surface area contributed by atoms with Crippen molar-refractivity contribution in [1.82, 2.24) is 0 Å². The van der Waals surface area contributed by atoms with E-state index < -0.39 is 11.9 Å². The summed E-state index contributed by atoms with van der Waals surface area (Å²) in [5.41, 5.74) is 0.241. The molecule has 1 aromatic carbocycles. The maximum absolute atomic E-state index is 11.4. The van der Waals surface area contributed by atoms with Crippen LogP contribution >= 0.6 is 0 Å². The first-order valence-corrected chi connectivity index (χ1v) is 5.00. The summed E-state index contributed by atoms with van der Waals surface area (Å²) in [6, 6.07) is 6.83. The number of carbonyl (C=O) groups is 2. The maximum atomic E-state index is 11.4. The van der Waals surface area contributed by atoms with Gasteiger partial charge < -0.3 is 14.6 Å². The Morgan fingerprint density at radius 1 is 1.44 bits per heavy atom. The summed E-state index contributed by atoms with van der Waals surface area (Å²) in [5, 5.41) is 8.57. The summed E-state index contributed by atoms with van der Waals surface area (Å²) in [6.07, 6.45) is 0.699. The van der Waals surface area contributed by atoms with Gasteiger partial charge in [0, 0.05) is 0 Å². The van der Waals surface area contributed by atoms with Gasteiger partial charge in [0.1, 0.15) is 5.75 Å². The minimum atomic E-state index is -1.26. The predicted octanol–water partition coefficient (Wildman–Crippen LogP) is 0.967. The molecule has 92 valence electrons. The first kappa shape index (κ1) is 11.8. The lowest BCUT2D eigenvalue weighted by Crippen LogP contribution is -2.07. The number of carbonyl (C=O) groups excluding carboxylic acids is 1. The topological polar surface area (TPSA) is 85.2 Å². The molecule has 18 heavy (non-hydrogen) atoms. The average Bonchev–Trinajstić information content (AvgIpc) is 2.70. The molecule has 0 saturated carbocycles. The van der Waals surface area contributed by atoms with E-state index in [2.05, 4.69) is 4.99 Å². The monoisotopic (exact) mass is 247 g/mol. The second-order valence-corrected chi connectivity index (χ2v) is 3.37. The van der Waals surface area contributed by atoms with E-state index >= 15 is 0 Å². The van der Waals surface area contributed by atoms with E-state index in [0.717, 1.165) is 0 Å². The molecule has 1 aromatic rings. The molecule has 0 fully saturated rings. The third kappa shape index (κ3) is 2.22. The first-order valence-electron chi connectivity index (χ1n) is 5.00. The fraction of sp³-hybridized carbons (Fsp3) is 0.0833. The molecular formula is C12H9NO5. The number of carboxylic acids is 1. The van der Waals surface area contributed by atoms with E-state index in [0.29, 0.717) is 17.4 Å². The van der Waals surface area contributed by atoms with Crippen molar-refractivity contribution in [2.24, 2.45) is 4.99 Å². The van der Waals surface area contributed by atoms with Gasteiger partial charge in [0.15, 0.2) is 5.70 Å². The van der Waals surface area contributed by atoms with Crippen LogP contribution in [0, 0.1) is 0 Å². The summed E-state index contributed by atoms with van der Waals surface area (Å²) < 4.78 is 10.0. The van der Waals surface area contributed by atoms with Crippen LogP contribution in [-0.2, 0) is 14.3 Å². The average molecular weight is 247 g/mol. The van der Waals surface area contributed by atoms with E-state index in [1.165, 1.54) is 7.11 Å². The van der Waals surface area contributed by atoms with E-state index in [-0.39, 0.29) is 11.6 Å². The van der Waals surface area contributed by atoms with Crippen molar-refractivity contribution in [2.45, 2.75) is 0 Å². The molecule has 6 heteroatoms. The first-order chi connectivity index (χ1) is 8.61. The smallest absolute Gasteiger partial charge is 0.364 e. The largest absolute Gasteiger partial charge is 0.496 e. The van der Waals surface area contributed by atoms with Crippen LogP contribution in [0.25, 0.3) is 0 Å². The van der Waals surface area contributed by atoms with Gasteiger partial charge in [-0.25, -0.2) is 14.6 Å². The molecule has 0 saturated heterocycles. The Bertz CT molecular complexity index is 574. The molecular weight excluding hydrogens is 238 g/mol. The van der Waals surface area contributed by atoms with Crippen molar-refractivity contribution in [3.8, 4) is 5.75 Å². The van der Waals surface area contributed by atoms with Crippen LogP contribution in [0.3, 0.4) is 0 Å². The Labute approximate surface area is 102 Å². The van der Waals surface area contributed by atoms with Crippen LogP contribution in [0.5, 0.6) is 5.75 Å². The molecule has 0 atom stereocenters. The highest BCUT2D eigenvalue weighted by molar-refractivity contribution is 6.13. The van der Waals surface area contributed by atoms with Crippen molar-refractivity contribution in [2.75, 3.05) is 7.11 Å². The maximum Gasteiger partial charge on any atom is 0.364 e. The number of ether oxygens (including phenoxy) is 2. The molecule has 0 radical (unpaired) electrons. The Kier molecular flexibility index (Phi) is 3.09. The molecule has 0 bridgehead atoms. The number of aliphatic carboxylic acids is 1. The van der Waals surface area contributed by atoms with Gasteiger partial charge in [-0.05, 0) is 12.1 Å². The number of carboxylic acid groups (broad SMARTS) is 1. The molecule has 0 unspecified atom stereocenters. The second kappa shape index (κ2) is 4.70. The van der Waals surface area contributed by atoms with Crippen molar-refractivity contribution in [3.63, 3.8) is 0 Å². The molecule has 0 spiro atoms. The zero-order valence-corrected chi connectivity index (χ0v) is 9.41. The number of benzene rings is 1. The summed E-state index contributed by atoms with van der Waals surface area (Å²) in [4.78, 5) is 25.7. The van der Waals surface area contributed by atoms with Gasteiger partial charge in [-0.15, -0.1) is 0 Å². The van der Waals surface area contributed by atoms with Crippen molar-refractivity contribution >= 4 is 17.8 Å². The van der Waals surface area contributed by atoms with Crippen LogP contribution in [0.4, 0.5) is 0 Å². The highest BCUT2D eigenvalue weighted by Gasteiger charge is 2.26. The van der Waals surface area contributed by atoms with Crippen molar-refractivity contribution < 1.29 is 24.2 Å². The SMILES string of the molecule is COc1ccccc1C1=N/C(=C/C(=O)O)C(=O)O1. The number of methoxy groups -OCH3 is 1. The van der Waals surface area contributed by atoms with Crippen LogP contribution < -0.4 is 4.74 Å². The lowest BCUT2D eigenvalue weighted by atomic mass is 10.2. The number of cyclic esters (lactones) is 1. The Balaban J connectivity index is 2.41. The number of rotatable bonds is 3. The van der Waals surface area contributed by atoms with Crippen LogP contribution in [0.1, 0.15) is 5.56 Å². The zero-order chi connectivity index (χ0) is 13.1. The highest BCUT2D eigenvalue weighted by atomic mass is 16.6. The lowest BCUT2D eigenvalue weighted by Gasteiger charge is -2.05. The summed E-state index contributed by atoms with van der Waals surface area (Å²) in [5.74, 6) is -1.53. The molecule has 0 aliphatic carbocycles. The van der Waals surface area contributed by atoms with Gasteiger partial charge in [-0.1, -0.05) is 12.1 Å². The van der Waals surface area contributed by atoms with Gasteiger partial charge in [0.25, 0.3) is 0 Å². The number of para-hydroxylation sites is 1. The van der Waals surface area contributed by atoms with E-state index in [1.807, 2.05) is 0 Å². The minimum absolute atomic E-state index is 0.0324. The number of hydrogen-bond donors (Lipinski definition) is 1. The van der Waals surface area contributed by atoms with Crippen molar-refractivity contribution in [3.05, 3.63) is 41.6 Å². The van der Waals surface area contributed by atoms with Crippen LogP contribution in [-0.4, -0.2) is 30.1 Å². The molecule has 0 amide bonds. The van der Waals surface area contributed by atoms with Gasteiger partial charge in [0.05, 0.1) is 18.7 Å². The fourth-order valence-electron chi connectivity index (χ4n) is 1.46. The number of hydrogen-bond acceptors (Lipinski definition) is 5. The Hall–Kier alpha value is -2.63. The van der Waals surface area contributed by atoms with Gasteiger partial charge >= 0.3 is 11.9 Å². The number of aliphatic imine (C=N–C) groups is 1. The zero-order valence-electron chi connectivity index (χ0n) is 9.41. The molecule has 1 heterocycles. The quantitative estimate of drug-likeness (QED) is 0.635. The number of nitrogens with zero attached hydrogens (tertiary/aromatic N) is 1. The second-order valence-electron chi connectivity index (χ2n) is 3.37. The van der Waals surface area contributed by atoms with E-state index in [1.54, 1.807) is 24.3 Å². The van der Waals surface area contributed by atoms with Gasteiger partial charge in [-0.2, -0.15) is 0 Å². The molecule has 1 N–H and O–H groups in total. The fourth-order valence-corrected chi connectivity index (χ4v) is 1.46. The molecule has 2 rings (SSSR count). The van der Waals surface area contributed by atoms with Crippen LogP contribution in [0.15, 0.2) is 41.0 Å². The lowest BCUT2D eigenvalue weighted by molar-refractivity contribution is -0.133. The van der Waals surface area contributed by atoms with Gasteiger partial charge in [0.2, 0.25) is 5.90 Å². The third-order valence-electron chi connectivity index (χ3n) is 2.22. The van der Waals surface area contributed by atoms with Crippen molar-refractivity contribution in [1.29, 1.82) is 0 Å². The molecule has 6 nitrogen and oxygen atoms in total. The molecule has 1 aliphatic rings. The van der Waals surface area contributed by atoms with Crippen LogP contribution in [0.2, 0.25) is 0 Å². The normalized spacial score (nSPS) is 16.4. The molecule has 1 aliphatic heterocycles. The summed E-state index contributed by atoms with van der Waals surface area (Å²) >= 11 is 0. The third-order valence-corrected chi connectivity index (χ3v) is 2.22. The molecule has 0 aromatic heterocycles. The summed E-state index contributed by atoms with van der Waals surface area (Å²) in [6.45, 7) is 0. The number of esters is 1. The predicted molar refractivity (Wildman–Crippen MR) is 61.3 cm³/mol. The van der Waals surface area contributed by atoms with E-state index in [9.17, 15) is 9.59 Å². The summed E-state index contributed by atoms with van der Waals surface area (Å²) in [7, 11) is 1.48. The standard InChI is InChI=1S/C12H9NO5/c1-17-9-5-3-2-4-7(9)11-13-8(6-10(14)15)12(16)18-11/h2-6H,1H3,(H,14,15)/b8-6+. The Morgan fingerprint density at radius 3 is 2.83 bits per heavy atom. The van der Waals surface area contributed by atoms with E-state index in [4.69, 9.17) is 14.6 Å². The highest BCUT2D eigenvalue weighted by Crippen LogP contribution is 2.23. The van der Waals surface area contributed by atoms with Gasteiger partial charge in [-0.3, -0.25) is 0 Å².